The van der Waals surface area contributed by atoms with Crippen LogP contribution in [0, 0.1) is 46.3 Å². The number of fused-ring (bicyclic) bond motifs is 4. The molecule has 1 aromatic rings. The van der Waals surface area contributed by atoms with Crippen molar-refractivity contribution < 1.29 is 35.1 Å². The number of hydrogen-bond donors (Lipinski definition) is 5. The maximum absolute atomic E-state index is 13.8. The van der Waals surface area contributed by atoms with Gasteiger partial charge in [0.15, 0.2) is 5.78 Å². The van der Waals surface area contributed by atoms with Crippen molar-refractivity contribution in [2.45, 2.75) is 115 Å². The number of carbonyl (C=O) groups excluding carboxylic acids is 1. The first-order valence-electron chi connectivity index (χ1n) is 16.9. The van der Waals surface area contributed by atoms with Crippen LogP contribution in [0.1, 0.15) is 78.2 Å². The molecule has 1 heterocycles. The minimum atomic E-state index is -1.33. The quantitative estimate of drug-likeness (QED) is 0.238. The lowest BCUT2D eigenvalue weighted by molar-refractivity contribution is -0.182. The van der Waals surface area contributed by atoms with E-state index in [1.54, 1.807) is 18.2 Å². The van der Waals surface area contributed by atoms with Gasteiger partial charge in [0.25, 0.3) is 0 Å². The van der Waals surface area contributed by atoms with Crippen molar-refractivity contribution in [1.82, 2.24) is 0 Å². The number of hydrogen-bond acceptors (Lipinski definition) is 7. The summed E-state index contributed by atoms with van der Waals surface area (Å²) >= 11 is 0. The number of epoxide rings is 1. The van der Waals surface area contributed by atoms with E-state index >= 15 is 0 Å². The number of phenols is 1. The number of allylic oxidation sites excluding steroid dienone is 2. The molecule has 0 spiro atoms. The molecule has 1 aliphatic heterocycles. The predicted molar refractivity (Wildman–Crippen MR) is 165 cm³/mol. The number of aliphatic hydroxyl groups is 4. The summed E-state index contributed by atoms with van der Waals surface area (Å²) < 4.78 is 6.34. The topological polar surface area (TPSA) is 131 Å². The standard InChI is InChI=1S/C37H50O7/c1-20(2)21(3)32-33(44-32)36(42)12-6-8-23-16-25-26(17-28(39)27-18-29(40)30(41)19-34(25,27)4)37(43)14-11-31(36)35(23,37)13-10-22-7-5-9-24(38)15-22/h5-9,15,17,20-21,23,25,27,29-33,38,40-43H,10-14,16,18-19H2,1-4H3. The SMILES string of the molecule is CC(C)C(C)C1OC1C1(O)CC=CC2CC3C(=CC(=O)C4CC(O)C(O)CC43C)C3(O)CCC1C23CCc1cccc(O)c1. The van der Waals surface area contributed by atoms with Crippen LogP contribution in [0.2, 0.25) is 0 Å². The van der Waals surface area contributed by atoms with Crippen LogP contribution in [-0.2, 0) is 16.0 Å². The van der Waals surface area contributed by atoms with Crippen molar-refractivity contribution in [3.05, 3.63) is 53.6 Å². The zero-order valence-corrected chi connectivity index (χ0v) is 26.5. The van der Waals surface area contributed by atoms with Gasteiger partial charge in [-0.15, -0.1) is 0 Å². The zero-order valence-electron chi connectivity index (χ0n) is 26.5. The zero-order chi connectivity index (χ0) is 31.4. The number of phenolic OH excluding ortho intramolecular Hbond substituents is 1. The molecule has 44 heavy (non-hydrogen) atoms. The molecule has 6 aliphatic rings. The van der Waals surface area contributed by atoms with Crippen LogP contribution < -0.4 is 0 Å². The summed E-state index contributed by atoms with van der Waals surface area (Å²) in [5.41, 5.74) is -2.09. The summed E-state index contributed by atoms with van der Waals surface area (Å²) in [5, 5.41) is 57.7. The minimum absolute atomic E-state index is 0.0385. The smallest absolute Gasteiger partial charge is 0.159 e. The Morgan fingerprint density at radius 3 is 2.57 bits per heavy atom. The molecule has 0 bridgehead atoms. The summed E-state index contributed by atoms with van der Waals surface area (Å²) in [4.78, 5) is 13.8. The third-order valence-electron chi connectivity index (χ3n) is 13.7. The van der Waals surface area contributed by atoms with Gasteiger partial charge in [-0.1, -0.05) is 52.0 Å². The summed E-state index contributed by atoms with van der Waals surface area (Å²) in [7, 11) is 0. The maximum Gasteiger partial charge on any atom is 0.159 e. The summed E-state index contributed by atoms with van der Waals surface area (Å²) in [6.45, 7) is 8.63. The molecule has 4 fully saturated rings. The predicted octanol–water partition coefficient (Wildman–Crippen LogP) is 4.49. The number of ketones is 1. The molecule has 240 valence electrons. The molecule has 1 saturated heterocycles. The molecular weight excluding hydrogens is 556 g/mol. The monoisotopic (exact) mass is 606 g/mol. The second kappa shape index (κ2) is 10.2. The van der Waals surface area contributed by atoms with Crippen LogP contribution in [0.5, 0.6) is 5.75 Å². The minimum Gasteiger partial charge on any atom is -0.508 e. The van der Waals surface area contributed by atoms with Crippen LogP contribution in [-0.4, -0.2) is 66.9 Å². The summed E-state index contributed by atoms with van der Waals surface area (Å²) in [6.07, 6.45) is 7.82. The molecule has 7 rings (SSSR count). The number of aryl methyl sites for hydroxylation is 1. The fraction of sp³-hybridized carbons (Fsp3) is 0.703. The molecule has 7 nitrogen and oxygen atoms in total. The van der Waals surface area contributed by atoms with E-state index in [0.717, 1.165) is 11.1 Å². The van der Waals surface area contributed by atoms with Gasteiger partial charge in [0, 0.05) is 17.3 Å². The van der Waals surface area contributed by atoms with E-state index in [1.165, 1.54) is 0 Å². The molecule has 13 atom stereocenters. The van der Waals surface area contributed by atoms with Gasteiger partial charge in [-0.2, -0.15) is 0 Å². The molecule has 0 aromatic heterocycles. The molecule has 0 radical (unpaired) electrons. The lowest BCUT2D eigenvalue weighted by Gasteiger charge is -2.63. The van der Waals surface area contributed by atoms with Gasteiger partial charge in [-0.05, 0) is 110 Å². The Balaban J connectivity index is 1.35. The van der Waals surface area contributed by atoms with Gasteiger partial charge in [-0.3, -0.25) is 4.79 Å². The maximum atomic E-state index is 13.8. The van der Waals surface area contributed by atoms with Crippen LogP contribution in [0.3, 0.4) is 0 Å². The van der Waals surface area contributed by atoms with Crippen LogP contribution in [0.15, 0.2) is 48.1 Å². The second-order valence-electron chi connectivity index (χ2n) is 15.9. The Bertz CT molecular complexity index is 1390. The first kappa shape index (κ1) is 30.6. The van der Waals surface area contributed by atoms with E-state index in [-0.39, 0.29) is 53.8 Å². The van der Waals surface area contributed by atoms with Crippen molar-refractivity contribution in [1.29, 1.82) is 0 Å². The van der Waals surface area contributed by atoms with Gasteiger partial charge >= 0.3 is 0 Å². The van der Waals surface area contributed by atoms with E-state index < -0.39 is 40.2 Å². The van der Waals surface area contributed by atoms with Gasteiger partial charge in [-0.25, -0.2) is 0 Å². The summed E-state index contributed by atoms with van der Waals surface area (Å²) in [6, 6.07) is 7.27. The lowest BCUT2D eigenvalue weighted by Crippen LogP contribution is -2.66. The van der Waals surface area contributed by atoms with Crippen LogP contribution in [0.4, 0.5) is 0 Å². The fourth-order valence-electron chi connectivity index (χ4n) is 11.1. The number of aromatic hydroxyl groups is 1. The van der Waals surface area contributed by atoms with Crippen molar-refractivity contribution in [3.8, 4) is 5.75 Å². The van der Waals surface area contributed by atoms with E-state index in [2.05, 4.69) is 39.8 Å². The number of benzene rings is 1. The molecule has 3 saturated carbocycles. The van der Waals surface area contributed by atoms with Crippen molar-refractivity contribution in [3.63, 3.8) is 0 Å². The third-order valence-corrected chi connectivity index (χ3v) is 13.7. The average Bonchev–Trinajstić information content (AvgIpc) is 3.72. The summed E-state index contributed by atoms with van der Waals surface area (Å²) in [5.74, 6) is -0.0232. The molecule has 5 N–H and O–H groups in total. The van der Waals surface area contributed by atoms with Gasteiger partial charge in [0.05, 0.1) is 23.9 Å². The molecule has 7 heteroatoms. The molecule has 13 unspecified atom stereocenters. The average molecular weight is 607 g/mol. The van der Waals surface area contributed by atoms with Crippen molar-refractivity contribution in [2.75, 3.05) is 0 Å². The fourth-order valence-corrected chi connectivity index (χ4v) is 11.1. The highest BCUT2D eigenvalue weighted by Crippen LogP contribution is 2.73. The van der Waals surface area contributed by atoms with E-state index in [1.807, 2.05) is 12.1 Å². The van der Waals surface area contributed by atoms with Crippen molar-refractivity contribution >= 4 is 5.78 Å². The van der Waals surface area contributed by atoms with Crippen molar-refractivity contribution in [2.24, 2.45) is 46.3 Å². The van der Waals surface area contributed by atoms with Gasteiger partial charge in [0.1, 0.15) is 17.5 Å². The molecule has 0 amide bonds. The first-order chi connectivity index (χ1) is 20.8. The molecule has 1 aromatic carbocycles. The Labute approximate surface area is 261 Å². The normalized spacial score (nSPS) is 48.2. The number of carbonyl (C=O) groups is 1. The van der Waals surface area contributed by atoms with E-state index in [4.69, 9.17) is 4.74 Å². The highest BCUT2D eigenvalue weighted by molar-refractivity contribution is 5.95. The molecular formula is C37H50O7. The highest BCUT2D eigenvalue weighted by atomic mass is 16.6. The Morgan fingerprint density at radius 2 is 1.84 bits per heavy atom. The third kappa shape index (κ3) is 4.15. The number of aliphatic hydroxyl groups excluding tert-OH is 2. The Hall–Kier alpha value is -2.03. The second-order valence-corrected chi connectivity index (χ2v) is 15.9. The Morgan fingerprint density at radius 1 is 1.07 bits per heavy atom. The highest BCUT2D eigenvalue weighted by Gasteiger charge is 2.75. The first-order valence-corrected chi connectivity index (χ1v) is 16.9. The lowest BCUT2D eigenvalue weighted by atomic mass is 9.42. The van der Waals surface area contributed by atoms with Gasteiger partial charge < -0.3 is 30.3 Å². The van der Waals surface area contributed by atoms with Crippen LogP contribution in [0.25, 0.3) is 0 Å². The van der Waals surface area contributed by atoms with Crippen LogP contribution >= 0.6 is 0 Å². The van der Waals surface area contributed by atoms with E-state index in [0.29, 0.717) is 50.9 Å². The Kier molecular flexibility index (Phi) is 7.12. The molecule has 5 aliphatic carbocycles. The number of ether oxygens (including phenoxy) is 1. The number of rotatable bonds is 6. The van der Waals surface area contributed by atoms with E-state index in [9.17, 15) is 30.3 Å². The largest absolute Gasteiger partial charge is 0.508 e. The van der Waals surface area contributed by atoms with Gasteiger partial charge in [0.2, 0.25) is 0 Å².